The second-order valence-electron chi connectivity index (χ2n) is 7.25. The predicted molar refractivity (Wildman–Crippen MR) is 99.5 cm³/mol. The van der Waals surface area contributed by atoms with E-state index in [4.69, 9.17) is 14.2 Å². The average molecular weight is 354 g/mol. The number of pyridine rings is 1. The summed E-state index contributed by atoms with van der Waals surface area (Å²) in [5.41, 5.74) is 1.32. The predicted octanol–water partition coefficient (Wildman–Crippen LogP) is 3.29. The summed E-state index contributed by atoms with van der Waals surface area (Å²) in [6.45, 7) is 3.78. The minimum Gasteiger partial charge on any atom is -0.497 e. The van der Waals surface area contributed by atoms with Crippen LogP contribution in [0.3, 0.4) is 0 Å². The molecule has 0 aliphatic carbocycles. The second kappa shape index (κ2) is 7.64. The van der Waals surface area contributed by atoms with E-state index in [1.807, 2.05) is 24.3 Å². The maximum atomic E-state index is 6.21. The molecular formula is C21H26N2O3. The van der Waals surface area contributed by atoms with Crippen molar-refractivity contribution in [2.75, 3.05) is 26.8 Å². The minimum atomic E-state index is -0.0106. The molecule has 0 bridgehead atoms. The molecule has 5 nitrogen and oxygen atoms in total. The number of rotatable bonds is 5. The third-order valence-corrected chi connectivity index (χ3v) is 5.44. The van der Waals surface area contributed by atoms with Gasteiger partial charge in [0.1, 0.15) is 17.6 Å². The summed E-state index contributed by atoms with van der Waals surface area (Å²) in [6.07, 6.45) is 6.76. The van der Waals surface area contributed by atoms with Crippen LogP contribution in [-0.4, -0.2) is 48.4 Å². The van der Waals surface area contributed by atoms with Gasteiger partial charge in [0.15, 0.2) is 0 Å². The Labute approximate surface area is 154 Å². The quantitative estimate of drug-likeness (QED) is 0.824. The number of hydrogen-bond acceptors (Lipinski definition) is 5. The summed E-state index contributed by atoms with van der Waals surface area (Å²) in [5, 5.41) is 0. The Bertz CT molecular complexity index is 697. The average Bonchev–Trinajstić information content (AvgIpc) is 3.07. The van der Waals surface area contributed by atoms with Gasteiger partial charge in [0.25, 0.3) is 0 Å². The number of piperidine rings is 1. The van der Waals surface area contributed by atoms with Gasteiger partial charge in [0, 0.05) is 32.3 Å². The van der Waals surface area contributed by atoms with E-state index in [0.29, 0.717) is 6.61 Å². The zero-order chi connectivity index (χ0) is 17.8. The lowest BCUT2D eigenvalue weighted by Gasteiger charge is -2.38. The van der Waals surface area contributed by atoms with Crippen LogP contribution in [0.4, 0.5) is 0 Å². The fraction of sp³-hybridized carbons (Fsp3) is 0.476. The van der Waals surface area contributed by atoms with Gasteiger partial charge in [-0.05, 0) is 42.7 Å². The lowest BCUT2D eigenvalue weighted by atomic mass is 9.88. The molecular weight excluding hydrogens is 328 g/mol. The number of benzene rings is 1. The van der Waals surface area contributed by atoms with Gasteiger partial charge in [0.05, 0.1) is 25.5 Å². The zero-order valence-corrected chi connectivity index (χ0v) is 15.3. The molecule has 0 amide bonds. The van der Waals surface area contributed by atoms with Crippen molar-refractivity contribution in [2.45, 2.75) is 37.5 Å². The fourth-order valence-electron chi connectivity index (χ4n) is 3.94. The first kappa shape index (κ1) is 17.3. The molecule has 2 fully saturated rings. The van der Waals surface area contributed by atoms with Crippen molar-refractivity contribution >= 4 is 0 Å². The lowest BCUT2D eigenvalue weighted by molar-refractivity contribution is -0.0454. The van der Waals surface area contributed by atoms with Crippen LogP contribution in [0.1, 0.15) is 24.8 Å². The summed E-state index contributed by atoms with van der Waals surface area (Å²) < 4.78 is 17.5. The monoisotopic (exact) mass is 354 g/mol. The molecule has 0 N–H and O–H groups in total. The van der Waals surface area contributed by atoms with Crippen molar-refractivity contribution < 1.29 is 14.2 Å². The Kier molecular flexibility index (Phi) is 5.09. The van der Waals surface area contributed by atoms with Gasteiger partial charge in [-0.2, -0.15) is 0 Å². The maximum absolute atomic E-state index is 6.21. The highest BCUT2D eigenvalue weighted by molar-refractivity contribution is 5.27. The summed E-state index contributed by atoms with van der Waals surface area (Å²) in [5.74, 6) is 1.74. The Morgan fingerprint density at radius 3 is 2.65 bits per heavy atom. The Hall–Kier alpha value is -2.11. The highest BCUT2D eigenvalue weighted by Gasteiger charge is 2.43. The van der Waals surface area contributed by atoms with Crippen LogP contribution in [-0.2, 0) is 11.3 Å². The number of hydrogen-bond donors (Lipinski definition) is 0. The van der Waals surface area contributed by atoms with E-state index in [1.165, 1.54) is 5.56 Å². The highest BCUT2D eigenvalue weighted by Crippen LogP contribution is 2.37. The molecule has 1 spiro atoms. The zero-order valence-electron chi connectivity index (χ0n) is 15.3. The van der Waals surface area contributed by atoms with Crippen molar-refractivity contribution in [1.82, 2.24) is 9.88 Å². The molecule has 2 aliphatic heterocycles. The first-order chi connectivity index (χ1) is 12.7. The van der Waals surface area contributed by atoms with Gasteiger partial charge in [-0.1, -0.05) is 12.1 Å². The second-order valence-corrected chi connectivity index (χ2v) is 7.25. The Morgan fingerprint density at radius 2 is 1.96 bits per heavy atom. The molecule has 1 aromatic heterocycles. The van der Waals surface area contributed by atoms with E-state index < -0.39 is 0 Å². The van der Waals surface area contributed by atoms with Crippen LogP contribution >= 0.6 is 0 Å². The first-order valence-electron chi connectivity index (χ1n) is 9.31. The molecule has 2 aromatic rings. The van der Waals surface area contributed by atoms with Gasteiger partial charge in [0.2, 0.25) is 0 Å². The highest BCUT2D eigenvalue weighted by atomic mass is 16.6. The van der Waals surface area contributed by atoms with Gasteiger partial charge < -0.3 is 14.2 Å². The molecule has 5 heteroatoms. The summed E-state index contributed by atoms with van der Waals surface area (Å²) >= 11 is 0. The fourth-order valence-corrected chi connectivity index (χ4v) is 3.94. The van der Waals surface area contributed by atoms with Crippen molar-refractivity contribution in [3.05, 3.63) is 54.4 Å². The van der Waals surface area contributed by atoms with E-state index in [2.05, 4.69) is 22.0 Å². The standard InChI is InChI=1S/C21H26N2O3/c1-24-18-6-4-17(5-7-18)15-23-11-8-21(9-12-23)13-20(16-25-21)26-19-3-2-10-22-14-19/h2-7,10,14,20H,8-9,11-13,15-16H2,1H3/t20-/m1/s1. The van der Waals surface area contributed by atoms with Gasteiger partial charge in [-0.3, -0.25) is 9.88 Å². The smallest absolute Gasteiger partial charge is 0.138 e. The molecule has 2 saturated heterocycles. The molecule has 2 aliphatic rings. The van der Waals surface area contributed by atoms with Crippen LogP contribution in [0.5, 0.6) is 11.5 Å². The van der Waals surface area contributed by atoms with Crippen LogP contribution in [0, 0.1) is 0 Å². The van der Waals surface area contributed by atoms with Crippen LogP contribution in [0.15, 0.2) is 48.8 Å². The van der Waals surface area contributed by atoms with E-state index in [-0.39, 0.29) is 11.7 Å². The molecule has 0 saturated carbocycles. The van der Waals surface area contributed by atoms with Gasteiger partial charge in [-0.15, -0.1) is 0 Å². The minimum absolute atomic E-state index is 0.0106. The Morgan fingerprint density at radius 1 is 1.15 bits per heavy atom. The molecule has 1 atom stereocenters. The molecule has 26 heavy (non-hydrogen) atoms. The van der Waals surface area contributed by atoms with Crippen LogP contribution < -0.4 is 9.47 Å². The number of aromatic nitrogens is 1. The normalized spacial score (nSPS) is 22.4. The van der Waals surface area contributed by atoms with Crippen molar-refractivity contribution in [3.8, 4) is 11.5 Å². The van der Waals surface area contributed by atoms with Crippen molar-refractivity contribution in [3.63, 3.8) is 0 Å². The van der Waals surface area contributed by atoms with Crippen molar-refractivity contribution in [1.29, 1.82) is 0 Å². The van der Waals surface area contributed by atoms with E-state index in [9.17, 15) is 0 Å². The molecule has 0 radical (unpaired) electrons. The number of methoxy groups -OCH3 is 1. The van der Waals surface area contributed by atoms with Crippen molar-refractivity contribution in [2.24, 2.45) is 0 Å². The Balaban J connectivity index is 1.28. The maximum Gasteiger partial charge on any atom is 0.138 e. The largest absolute Gasteiger partial charge is 0.497 e. The third kappa shape index (κ3) is 4.00. The molecule has 1 aromatic carbocycles. The summed E-state index contributed by atoms with van der Waals surface area (Å²) in [6, 6.07) is 12.2. The molecule has 3 heterocycles. The molecule has 4 rings (SSSR count). The topological polar surface area (TPSA) is 43.8 Å². The van der Waals surface area contributed by atoms with E-state index >= 15 is 0 Å². The third-order valence-electron chi connectivity index (χ3n) is 5.44. The van der Waals surface area contributed by atoms with E-state index in [1.54, 1.807) is 19.5 Å². The number of nitrogens with zero attached hydrogens (tertiary/aromatic N) is 2. The first-order valence-corrected chi connectivity index (χ1v) is 9.31. The van der Waals surface area contributed by atoms with Gasteiger partial charge in [-0.25, -0.2) is 0 Å². The number of likely N-dealkylation sites (tertiary alicyclic amines) is 1. The lowest BCUT2D eigenvalue weighted by Crippen LogP contribution is -2.44. The SMILES string of the molecule is COc1ccc(CN2CCC3(CC2)C[C@@H](Oc2cccnc2)CO3)cc1. The van der Waals surface area contributed by atoms with Crippen LogP contribution in [0.2, 0.25) is 0 Å². The molecule has 138 valence electrons. The summed E-state index contributed by atoms with van der Waals surface area (Å²) in [4.78, 5) is 6.62. The van der Waals surface area contributed by atoms with Crippen LogP contribution in [0.25, 0.3) is 0 Å². The summed E-state index contributed by atoms with van der Waals surface area (Å²) in [7, 11) is 1.70. The molecule has 0 unspecified atom stereocenters. The van der Waals surface area contributed by atoms with E-state index in [0.717, 1.165) is 50.4 Å². The van der Waals surface area contributed by atoms with Gasteiger partial charge >= 0.3 is 0 Å². The number of ether oxygens (including phenoxy) is 3.